The Morgan fingerprint density at radius 1 is 1.42 bits per heavy atom. The van der Waals surface area contributed by atoms with E-state index in [0.717, 1.165) is 81.6 Å². The van der Waals surface area contributed by atoms with E-state index in [1.165, 1.54) is 8.96 Å². The Morgan fingerprint density at radius 2 is 2.12 bits per heavy atom. The molecule has 0 saturated carbocycles. The molecule has 0 N–H and O–H groups in total. The molecular formula is C18H25N3OPb2. The summed E-state index contributed by atoms with van der Waals surface area (Å²) < 4.78 is 7.01. The van der Waals surface area contributed by atoms with E-state index >= 15 is 0 Å². The van der Waals surface area contributed by atoms with Crippen LogP contribution in [0.2, 0.25) is 0 Å². The van der Waals surface area contributed by atoms with Crippen LogP contribution < -0.4 is 4.74 Å². The van der Waals surface area contributed by atoms with Crippen molar-refractivity contribution in [2.75, 3.05) is 20.7 Å². The fourth-order valence-electron chi connectivity index (χ4n) is 2.38. The molecule has 1 aliphatic rings. The average molecular weight is 714 g/mol. The van der Waals surface area contributed by atoms with Crippen LogP contribution in [0.5, 0.6) is 5.75 Å². The second-order valence-corrected chi connectivity index (χ2v) is 8.79. The van der Waals surface area contributed by atoms with Crippen molar-refractivity contribution in [1.82, 2.24) is 4.90 Å². The molecule has 0 spiro atoms. The van der Waals surface area contributed by atoms with E-state index in [1.54, 1.807) is 7.11 Å². The molecule has 0 fully saturated rings. The summed E-state index contributed by atoms with van der Waals surface area (Å²) >= 11 is 2.03. The Bertz CT molecular complexity index is 627. The van der Waals surface area contributed by atoms with Crippen LogP contribution in [0.15, 0.2) is 40.3 Å². The number of nitrogens with zero attached hydrogens (tertiary/aromatic N) is 3. The minimum Gasteiger partial charge on any atom is -0.0683 e. The molecular weight excluding hydrogens is 689 g/mol. The van der Waals surface area contributed by atoms with Gasteiger partial charge >= 0.3 is 165 Å². The van der Waals surface area contributed by atoms with Gasteiger partial charge < -0.3 is 0 Å². The number of aliphatic imine (C=N–C) groups is 2. The molecule has 0 amide bonds. The Hall–Kier alpha value is -0.256. The number of hydrogen-bond donors (Lipinski definition) is 0. The van der Waals surface area contributed by atoms with Gasteiger partial charge in [-0.3, -0.25) is 0 Å². The third-order valence-electron chi connectivity index (χ3n) is 3.60. The van der Waals surface area contributed by atoms with Gasteiger partial charge in [-0.15, -0.1) is 0 Å². The maximum absolute atomic E-state index is 5.31. The number of amidine groups is 1. The van der Waals surface area contributed by atoms with Crippen LogP contribution in [0.4, 0.5) is 5.69 Å². The second-order valence-electron chi connectivity index (χ2n) is 4.92. The summed E-state index contributed by atoms with van der Waals surface area (Å²) in [5, 5.41) is 0. The van der Waals surface area contributed by atoms with Crippen molar-refractivity contribution in [2.45, 2.75) is 30.8 Å². The van der Waals surface area contributed by atoms with Gasteiger partial charge in [-0.1, -0.05) is 13.8 Å². The standard InChI is InChI=1S/C16H19N3O.C2H6.2Pb/c1-4-5-14(17-2)8-9-19-11-13-6-7-15(20-3)10-16(13)18-12-19;1-2;;/h4-7,10-11H,8-9H2,1-3H3;1-2H3;;/b5-4-,17-14?;;;. The van der Waals surface area contributed by atoms with Gasteiger partial charge in [0, 0.05) is 0 Å². The van der Waals surface area contributed by atoms with Crippen molar-refractivity contribution in [3.63, 3.8) is 0 Å². The summed E-state index contributed by atoms with van der Waals surface area (Å²) in [5.41, 5.74) is 3.55. The smallest absolute Gasteiger partial charge is 0.0683 e. The van der Waals surface area contributed by atoms with Crippen LogP contribution in [0.25, 0.3) is 0 Å². The molecule has 0 saturated heterocycles. The van der Waals surface area contributed by atoms with Gasteiger partial charge in [0.25, 0.3) is 0 Å². The Kier molecular flexibility index (Phi) is 10.3. The zero-order chi connectivity index (χ0) is 18.1. The summed E-state index contributed by atoms with van der Waals surface area (Å²) in [6.07, 6.45) is 5.11. The molecule has 6 radical (unpaired) electrons. The molecule has 2 rings (SSSR count). The van der Waals surface area contributed by atoms with Crippen LogP contribution in [-0.4, -0.2) is 86.2 Å². The molecule has 4 nitrogen and oxygen atoms in total. The normalized spacial score (nSPS) is 17.1. The predicted molar refractivity (Wildman–Crippen MR) is 105 cm³/mol. The largest absolute Gasteiger partial charge is 0.0683 e. The zero-order valence-electron chi connectivity index (χ0n) is 15.1. The summed E-state index contributed by atoms with van der Waals surface area (Å²) in [7, 11) is 3.56. The van der Waals surface area contributed by atoms with Crippen molar-refractivity contribution in [1.29, 1.82) is 0 Å². The first-order valence-corrected chi connectivity index (χ1v) is 12.3. The van der Waals surface area contributed by atoms with Crippen LogP contribution in [0, 0.1) is 0 Å². The number of allylic oxidation sites excluding steroid dienone is 2. The number of ether oxygens (including phenoxy) is 1. The van der Waals surface area contributed by atoms with Crippen LogP contribution >= 0.6 is 0 Å². The van der Waals surface area contributed by atoms with E-state index in [1.807, 2.05) is 46.0 Å². The topological polar surface area (TPSA) is 37.2 Å². The molecule has 24 heavy (non-hydrogen) atoms. The predicted octanol–water partition coefficient (Wildman–Crippen LogP) is 3.40. The molecule has 0 bridgehead atoms. The van der Waals surface area contributed by atoms with E-state index in [-0.39, 0.29) is 0 Å². The van der Waals surface area contributed by atoms with Crippen LogP contribution in [0.1, 0.15) is 36.4 Å². The van der Waals surface area contributed by atoms with E-state index in [4.69, 9.17) is 9.73 Å². The molecule has 1 heterocycles. The summed E-state index contributed by atoms with van der Waals surface area (Å²) in [4.78, 5) is 11.6. The number of rotatable bonds is 5. The first kappa shape index (κ1) is 21.8. The van der Waals surface area contributed by atoms with Crippen molar-refractivity contribution in [3.8, 4) is 5.75 Å². The third-order valence-corrected chi connectivity index (χ3v) is 7.57. The van der Waals surface area contributed by atoms with E-state index in [0.29, 0.717) is 3.60 Å². The SMILES string of the molecule is C/C=C\C(CCN1[C]([Pb])=Nc2cc(OC)ccc2[CH]1[Pb])=NC.CC. The van der Waals surface area contributed by atoms with Gasteiger partial charge in [-0.25, -0.2) is 0 Å². The first-order chi connectivity index (χ1) is 11.6. The number of benzene rings is 1. The van der Waals surface area contributed by atoms with Crippen LogP contribution in [0.3, 0.4) is 0 Å². The first-order valence-electron chi connectivity index (χ1n) is 8.15. The molecule has 1 aromatic rings. The molecule has 6 heteroatoms. The third kappa shape index (κ3) is 5.64. The van der Waals surface area contributed by atoms with Gasteiger partial charge in [0.2, 0.25) is 0 Å². The van der Waals surface area contributed by atoms with Crippen LogP contribution in [-0.2, 0) is 0 Å². The maximum Gasteiger partial charge on any atom is -0.0683 e. The number of methoxy groups -OCH3 is 1. The monoisotopic (exact) mass is 715 g/mol. The maximum atomic E-state index is 5.31. The molecule has 0 aliphatic carbocycles. The zero-order valence-corrected chi connectivity index (χ0v) is 22.9. The fraction of sp³-hybridized carbons (Fsp3) is 0.444. The van der Waals surface area contributed by atoms with E-state index in [9.17, 15) is 0 Å². The van der Waals surface area contributed by atoms with Gasteiger partial charge in [0.1, 0.15) is 0 Å². The molecule has 1 unspecified atom stereocenters. The minimum atomic E-state index is 0.481. The minimum absolute atomic E-state index is 0.481. The van der Waals surface area contributed by atoms with Gasteiger partial charge in [-0.2, -0.15) is 0 Å². The molecule has 0 aromatic heterocycles. The van der Waals surface area contributed by atoms with Crippen molar-refractivity contribution in [3.05, 3.63) is 35.9 Å². The summed E-state index contributed by atoms with van der Waals surface area (Å²) in [6.45, 7) is 7.02. The Morgan fingerprint density at radius 3 is 2.71 bits per heavy atom. The summed E-state index contributed by atoms with van der Waals surface area (Å²) in [6, 6.07) is 6.25. The quantitative estimate of drug-likeness (QED) is 0.347. The Balaban J connectivity index is 0.00000139. The number of fused-ring (bicyclic) bond motifs is 1. The second kappa shape index (κ2) is 11.4. The van der Waals surface area contributed by atoms with Gasteiger partial charge in [-0.05, 0) is 0 Å². The molecule has 1 aliphatic heterocycles. The summed E-state index contributed by atoms with van der Waals surface area (Å²) in [5.74, 6) is 0.882. The van der Waals surface area contributed by atoms with E-state index in [2.05, 4.69) is 22.0 Å². The average Bonchev–Trinajstić information content (AvgIpc) is 2.61. The van der Waals surface area contributed by atoms with Gasteiger partial charge in [0.05, 0.1) is 0 Å². The van der Waals surface area contributed by atoms with Crippen molar-refractivity contribution >= 4 is 66.3 Å². The molecule has 126 valence electrons. The van der Waals surface area contributed by atoms with E-state index < -0.39 is 0 Å². The molecule has 1 atom stereocenters. The fourth-order valence-corrected chi connectivity index (χ4v) is 7.66. The van der Waals surface area contributed by atoms with Crippen molar-refractivity contribution in [2.24, 2.45) is 9.98 Å². The Labute approximate surface area is 177 Å². The molecule has 1 aromatic carbocycles. The number of hydrogen-bond acceptors (Lipinski definition) is 4. The van der Waals surface area contributed by atoms with Crippen molar-refractivity contribution < 1.29 is 4.74 Å². The van der Waals surface area contributed by atoms with Gasteiger partial charge in [0.15, 0.2) is 0 Å².